The largest absolute Gasteiger partial charge is 0.369 e. The Kier molecular flexibility index (Phi) is 2.93. The SMILES string of the molecule is Cc1cccc(N2CCN(N)CC2)c1C. The lowest BCUT2D eigenvalue weighted by Gasteiger charge is -2.34. The Hall–Kier alpha value is -1.06. The van der Waals surface area contributed by atoms with Gasteiger partial charge in [-0.3, -0.25) is 5.84 Å². The minimum atomic E-state index is 0.952. The Bertz CT molecular complexity index is 341. The van der Waals surface area contributed by atoms with E-state index >= 15 is 0 Å². The van der Waals surface area contributed by atoms with Gasteiger partial charge in [-0.1, -0.05) is 12.1 Å². The summed E-state index contributed by atoms with van der Waals surface area (Å²) in [5.41, 5.74) is 4.12. The van der Waals surface area contributed by atoms with Crippen LogP contribution in [0.4, 0.5) is 5.69 Å². The van der Waals surface area contributed by atoms with Crippen molar-refractivity contribution in [1.29, 1.82) is 0 Å². The third-order valence-electron chi connectivity index (χ3n) is 3.23. The predicted molar refractivity (Wildman–Crippen MR) is 63.9 cm³/mol. The number of nitrogens with zero attached hydrogens (tertiary/aromatic N) is 2. The first-order chi connectivity index (χ1) is 7.18. The van der Waals surface area contributed by atoms with Crippen LogP contribution in [0.15, 0.2) is 18.2 Å². The minimum Gasteiger partial charge on any atom is -0.369 e. The molecule has 1 aromatic rings. The quantitative estimate of drug-likeness (QED) is 0.701. The molecule has 0 unspecified atom stereocenters. The average Bonchev–Trinajstić information content (AvgIpc) is 2.24. The molecule has 2 N–H and O–H groups in total. The van der Waals surface area contributed by atoms with E-state index in [1.54, 1.807) is 0 Å². The van der Waals surface area contributed by atoms with Crippen LogP contribution in [0.2, 0.25) is 0 Å². The third-order valence-corrected chi connectivity index (χ3v) is 3.23. The second kappa shape index (κ2) is 4.21. The van der Waals surface area contributed by atoms with Gasteiger partial charge in [0.2, 0.25) is 0 Å². The molecule has 1 aromatic carbocycles. The van der Waals surface area contributed by atoms with E-state index in [0.717, 1.165) is 26.2 Å². The maximum Gasteiger partial charge on any atom is 0.0399 e. The first-order valence-corrected chi connectivity index (χ1v) is 5.49. The van der Waals surface area contributed by atoms with E-state index in [0.29, 0.717) is 0 Å². The summed E-state index contributed by atoms with van der Waals surface area (Å²) in [7, 11) is 0. The summed E-state index contributed by atoms with van der Waals surface area (Å²) in [6.45, 7) is 8.32. The molecule has 0 radical (unpaired) electrons. The summed E-state index contributed by atoms with van der Waals surface area (Å²) < 4.78 is 0. The van der Waals surface area contributed by atoms with Crippen LogP contribution in [0.3, 0.4) is 0 Å². The van der Waals surface area contributed by atoms with Gasteiger partial charge in [0.25, 0.3) is 0 Å². The average molecular weight is 205 g/mol. The summed E-state index contributed by atoms with van der Waals surface area (Å²) in [4.78, 5) is 2.42. The first kappa shape index (κ1) is 10.5. The van der Waals surface area contributed by atoms with Gasteiger partial charge in [0.15, 0.2) is 0 Å². The normalized spacial score (nSPS) is 18.2. The molecule has 82 valence electrons. The number of hydrogen-bond donors (Lipinski definition) is 1. The number of rotatable bonds is 1. The summed E-state index contributed by atoms with van der Waals surface area (Å²) in [5.74, 6) is 5.75. The lowest BCUT2D eigenvalue weighted by molar-refractivity contribution is 0.266. The second-order valence-corrected chi connectivity index (χ2v) is 4.24. The molecule has 1 fully saturated rings. The Morgan fingerprint density at radius 2 is 1.73 bits per heavy atom. The molecule has 3 nitrogen and oxygen atoms in total. The van der Waals surface area contributed by atoms with E-state index in [1.165, 1.54) is 16.8 Å². The van der Waals surface area contributed by atoms with Gasteiger partial charge in [0, 0.05) is 31.9 Å². The van der Waals surface area contributed by atoms with Crippen molar-refractivity contribution in [2.75, 3.05) is 31.1 Å². The van der Waals surface area contributed by atoms with Gasteiger partial charge in [-0.2, -0.15) is 0 Å². The molecule has 3 heteroatoms. The number of nitrogens with two attached hydrogens (primary N) is 1. The van der Waals surface area contributed by atoms with Crippen molar-refractivity contribution in [3.8, 4) is 0 Å². The molecule has 0 aromatic heterocycles. The van der Waals surface area contributed by atoms with Gasteiger partial charge < -0.3 is 4.90 Å². The fourth-order valence-electron chi connectivity index (χ4n) is 2.04. The number of anilines is 1. The van der Waals surface area contributed by atoms with Crippen molar-refractivity contribution >= 4 is 5.69 Å². The zero-order valence-corrected chi connectivity index (χ0v) is 9.53. The lowest BCUT2D eigenvalue weighted by Crippen LogP contribution is -2.49. The Morgan fingerprint density at radius 3 is 2.40 bits per heavy atom. The molecule has 2 rings (SSSR count). The molecule has 0 bridgehead atoms. The predicted octanol–water partition coefficient (Wildman–Crippen LogP) is 1.30. The van der Waals surface area contributed by atoms with E-state index in [1.807, 2.05) is 5.01 Å². The van der Waals surface area contributed by atoms with E-state index in [9.17, 15) is 0 Å². The van der Waals surface area contributed by atoms with Crippen LogP contribution in [0.25, 0.3) is 0 Å². The molecular formula is C12H19N3. The molecule has 0 spiro atoms. The molecular weight excluding hydrogens is 186 g/mol. The third kappa shape index (κ3) is 2.13. The highest BCUT2D eigenvalue weighted by Crippen LogP contribution is 2.23. The number of hydrogen-bond acceptors (Lipinski definition) is 3. The fraction of sp³-hybridized carbons (Fsp3) is 0.500. The highest BCUT2D eigenvalue weighted by molar-refractivity contribution is 5.56. The van der Waals surface area contributed by atoms with Gasteiger partial charge in [-0.25, -0.2) is 5.01 Å². The molecule has 0 amide bonds. The van der Waals surface area contributed by atoms with Gasteiger partial charge >= 0.3 is 0 Å². The van der Waals surface area contributed by atoms with Crippen LogP contribution in [-0.4, -0.2) is 31.2 Å². The van der Waals surface area contributed by atoms with E-state index < -0.39 is 0 Å². The Labute approximate surface area is 91.4 Å². The minimum absolute atomic E-state index is 0.952. The number of hydrazine groups is 1. The van der Waals surface area contributed by atoms with Crippen LogP contribution in [-0.2, 0) is 0 Å². The van der Waals surface area contributed by atoms with Crippen molar-refractivity contribution < 1.29 is 0 Å². The van der Waals surface area contributed by atoms with Crippen LogP contribution in [0.5, 0.6) is 0 Å². The van der Waals surface area contributed by atoms with E-state index in [-0.39, 0.29) is 0 Å². The number of piperazine rings is 1. The highest BCUT2D eigenvalue weighted by atomic mass is 15.4. The van der Waals surface area contributed by atoms with Crippen molar-refractivity contribution in [3.05, 3.63) is 29.3 Å². The van der Waals surface area contributed by atoms with Crippen molar-refractivity contribution in [3.63, 3.8) is 0 Å². The summed E-state index contributed by atoms with van der Waals surface area (Å²) in [6, 6.07) is 6.50. The maximum absolute atomic E-state index is 5.75. The Balaban J connectivity index is 2.19. The highest BCUT2D eigenvalue weighted by Gasteiger charge is 2.16. The summed E-state index contributed by atoms with van der Waals surface area (Å²) >= 11 is 0. The van der Waals surface area contributed by atoms with Crippen molar-refractivity contribution in [1.82, 2.24) is 5.01 Å². The zero-order chi connectivity index (χ0) is 10.8. The molecule has 1 aliphatic heterocycles. The topological polar surface area (TPSA) is 32.5 Å². The lowest BCUT2D eigenvalue weighted by atomic mass is 10.1. The molecule has 1 aliphatic rings. The van der Waals surface area contributed by atoms with Crippen LogP contribution in [0.1, 0.15) is 11.1 Å². The second-order valence-electron chi connectivity index (χ2n) is 4.24. The molecule has 15 heavy (non-hydrogen) atoms. The summed E-state index contributed by atoms with van der Waals surface area (Å²) in [6.07, 6.45) is 0. The molecule has 0 atom stereocenters. The molecule has 1 heterocycles. The monoisotopic (exact) mass is 205 g/mol. The van der Waals surface area contributed by atoms with Gasteiger partial charge in [-0.15, -0.1) is 0 Å². The van der Waals surface area contributed by atoms with Crippen LogP contribution < -0.4 is 10.7 Å². The summed E-state index contributed by atoms with van der Waals surface area (Å²) in [5, 5.41) is 1.89. The smallest absolute Gasteiger partial charge is 0.0399 e. The van der Waals surface area contributed by atoms with Gasteiger partial charge in [0.05, 0.1) is 0 Å². The van der Waals surface area contributed by atoms with Gasteiger partial charge in [-0.05, 0) is 31.0 Å². The first-order valence-electron chi connectivity index (χ1n) is 5.49. The van der Waals surface area contributed by atoms with Crippen molar-refractivity contribution in [2.24, 2.45) is 5.84 Å². The Morgan fingerprint density at radius 1 is 1.07 bits per heavy atom. The van der Waals surface area contributed by atoms with Gasteiger partial charge in [0.1, 0.15) is 0 Å². The van der Waals surface area contributed by atoms with E-state index in [2.05, 4.69) is 36.9 Å². The molecule has 1 saturated heterocycles. The standard InChI is InChI=1S/C12H19N3/c1-10-4-3-5-12(11(10)2)14-6-8-15(13)9-7-14/h3-5H,6-9,13H2,1-2H3. The van der Waals surface area contributed by atoms with Crippen molar-refractivity contribution in [2.45, 2.75) is 13.8 Å². The van der Waals surface area contributed by atoms with Crippen LogP contribution in [0, 0.1) is 13.8 Å². The van der Waals surface area contributed by atoms with E-state index in [4.69, 9.17) is 5.84 Å². The number of aryl methyl sites for hydroxylation is 1. The molecule has 0 aliphatic carbocycles. The zero-order valence-electron chi connectivity index (χ0n) is 9.53. The molecule has 0 saturated carbocycles. The fourth-order valence-corrected chi connectivity index (χ4v) is 2.04. The maximum atomic E-state index is 5.75. The number of benzene rings is 1. The van der Waals surface area contributed by atoms with Crippen LogP contribution >= 0.6 is 0 Å².